The summed E-state index contributed by atoms with van der Waals surface area (Å²) < 4.78 is 24.0. The molecule has 0 fully saturated rings. The lowest BCUT2D eigenvalue weighted by molar-refractivity contribution is -0.385. The van der Waals surface area contributed by atoms with E-state index in [0.29, 0.717) is 0 Å². The van der Waals surface area contributed by atoms with Crippen LogP contribution in [0, 0.1) is 10.1 Å². The van der Waals surface area contributed by atoms with Crippen molar-refractivity contribution in [3.8, 4) is 0 Å². The maximum absolute atomic E-state index is 12.0. The van der Waals surface area contributed by atoms with E-state index < -0.39 is 35.6 Å². The van der Waals surface area contributed by atoms with Crippen LogP contribution in [0.1, 0.15) is 10.4 Å². The summed E-state index contributed by atoms with van der Waals surface area (Å²) in [6.45, 7) is -0.722. The highest BCUT2D eigenvalue weighted by molar-refractivity contribution is 6.33. The van der Waals surface area contributed by atoms with Gasteiger partial charge in [0, 0.05) is 6.54 Å². The predicted octanol–water partition coefficient (Wildman–Crippen LogP) is 1.60. The summed E-state index contributed by atoms with van der Waals surface area (Å²) in [6.07, 6.45) is -5.06. The number of rotatable bonds is 5. The normalized spacial score (nSPS) is 12.3. The number of hydrogen-bond acceptors (Lipinski definition) is 4. The van der Waals surface area contributed by atoms with Gasteiger partial charge in [-0.25, -0.2) is 8.78 Å². The standard InChI is InChI=1S/C10H9ClF2N2O4/c11-6-3-1-2-5(8(6)15(18)19)10(17)14-4-7(16)9(12)13/h1-3,7,9,16H,4H2,(H,14,17). The van der Waals surface area contributed by atoms with Gasteiger partial charge in [-0.05, 0) is 12.1 Å². The number of halogens is 3. The second kappa shape index (κ2) is 6.39. The van der Waals surface area contributed by atoms with Crippen molar-refractivity contribution < 1.29 is 23.6 Å². The third kappa shape index (κ3) is 3.83. The number of carbonyl (C=O) groups excluding carboxylic acids is 1. The number of aliphatic hydroxyl groups is 1. The molecule has 0 aliphatic rings. The topological polar surface area (TPSA) is 92.5 Å². The Morgan fingerprint density at radius 1 is 1.53 bits per heavy atom. The van der Waals surface area contributed by atoms with Gasteiger partial charge in [0.05, 0.1) is 4.92 Å². The number of nitro groups is 1. The SMILES string of the molecule is O=C(NCC(O)C(F)F)c1cccc(Cl)c1[N+](=O)[O-]. The Hall–Kier alpha value is -1.80. The first-order valence-electron chi connectivity index (χ1n) is 5.02. The Balaban J connectivity index is 2.89. The number of nitrogens with one attached hydrogen (secondary N) is 1. The molecular weight excluding hydrogens is 286 g/mol. The van der Waals surface area contributed by atoms with Gasteiger partial charge in [0.2, 0.25) is 0 Å². The van der Waals surface area contributed by atoms with E-state index in [4.69, 9.17) is 16.7 Å². The van der Waals surface area contributed by atoms with Crippen LogP contribution in [-0.2, 0) is 0 Å². The third-order valence-corrected chi connectivity index (χ3v) is 2.48. The van der Waals surface area contributed by atoms with E-state index in [1.165, 1.54) is 12.1 Å². The van der Waals surface area contributed by atoms with Gasteiger partial charge in [-0.1, -0.05) is 17.7 Å². The molecule has 0 aliphatic heterocycles. The van der Waals surface area contributed by atoms with Crippen LogP contribution >= 0.6 is 11.6 Å². The lowest BCUT2D eigenvalue weighted by atomic mass is 10.1. The monoisotopic (exact) mass is 294 g/mol. The Labute approximate surface area is 111 Å². The molecule has 1 atom stereocenters. The van der Waals surface area contributed by atoms with Crippen molar-refractivity contribution in [3.05, 3.63) is 38.9 Å². The van der Waals surface area contributed by atoms with Crippen molar-refractivity contribution in [2.24, 2.45) is 0 Å². The molecule has 1 amide bonds. The summed E-state index contributed by atoms with van der Waals surface area (Å²) in [5.74, 6) is -0.964. The molecule has 0 aliphatic carbocycles. The number of nitro benzene ring substituents is 1. The number of alkyl halides is 2. The minimum absolute atomic E-state index is 0.243. The van der Waals surface area contributed by atoms with Crippen LogP contribution < -0.4 is 5.32 Å². The average Bonchev–Trinajstić information content (AvgIpc) is 2.34. The Morgan fingerprint density at radius 2 is 2.16 bits per heavy atom. The van der Waals surface area contributed by atoms with E-state index in [2.05, 4.69) is 0 Å². The zero-order valence-corrected chi connectivity index (χ0v) is 10.1. The second-order valence-electron chi connectivity index (χ2n) is 3.50. The van der Waals surface area contributed by atoms with Crippen molar-refractivity contribution in [1.29, 1.82) is 0 Å². The largest absolute Gasteiger partial charge is 0.385 e. The summed E-state index contributed by atoms with van der Waals surface area (Å²) in [5.41, 5.74) is -0.979. The number of carbonyl (C=O) groups is 1. The highest BCUT2D eigenvalue weighted by atomic mass is 35.5. The fraction of sp³-hybridized carbons (Fsp3) is 0.300. The van der Waals surface area contributed by atoms with Gasteiger partial charge in [0.25, 0.3) is 12.3 Å². The molecule has 1 aromatic rings. The van der Waals surface area contributed by atoms with Crippen LogP contribution in [0.4, 0.5) is 14.5 Å². The van der Waals surface area contributed by atoms with Crippen LogP contribution in [0.2, 0.25) is 5.02 Å². The summed E-state index contributed by atoms with van der Waals surface area (Å²) >= 11 is 5.59. The maximum Gasteiger partial charge on any atom is 0.300 e. The Morgan fingerprint density at radius 3 is 2.68 bits per heavy atom. The van der Waals surface area contributed by atoms with Crippen LogP contribution in [0.5, 0.6) is 0 Å². The average molecular weight is 295 g/mol. The van der Waals surface area contributed by atoms with Gasteiger partial charge in [0.15, 0.2) is 0 Å². The molecule has 0 heterocycles. The zero-order chi connectivity index (χ0) is 14.6. The van der Waals surface area contributed by atoms with Crippen molar-refractivity contribution in [3.63, 3.8) is 0 Å². The first kappa shape index (κ1) is 15.3. The quantitative estimate of drug-likeness (QED) is 0.637. The Kier molecular flexibility index (Phi) is 5.13. The number of amides is 1. The van der Waals surface area contributed by atoms with E-state index >= 15 is 0 Å². The summed E-state index contributed by atoms with van der Waals surface area (Å²) in [5, 5.41) is 21.3. The van der Waals surface area contributed by atoms with Gasteiger partial charge < -0.3 is 10.4 Å². The molecule has 1 unspecified atom stereocenters. The molecule has 0 saturated carbocycles. The summed E-state index contributed by atoms with van der Waals surface area (Å²) in [7, 11) is 0. The molecule has 0 spiro atoms. The maximum atomic E-state index is 12.0. The molecule has 2 N–H and O–H groups in total. The zero-order valence-electron chi connectivity index (χ0n) is 9.35. The molecule has 104 valence electrons. The van der Waals surface area contributed by atoms with Crippen LogP contribution in [0.25, 0.3) is 0 Å². The molecule has 9 heteroatoms. The minimum atomic E-state index is -3.02. The molecule has 0 aromatic heterocycles. The predicted molar refractivity (Wildman–Crippen MR) is 62.5 cm³/mol. The van der Waals surface area contributed by atoms with E-state index in [0.717, 1.165) is 6.07 Å². The van der Waals surface area contributed by atoms with Crippen molar-refractivity contribution in [2.75, 3.05) is 6.54 Å². The number of aliphatic hydroxyl groups excluding tert-OH is 1. The molecular formula is C10H9ClF2N2O4. The molecule has 0 saturated heterocycles. The fourth-order valence-electron chi connectivity index (χ4n) is 1.27. The highest BCUT2D eigenvalue weighted by Gasteiger charge is 2.25. The lowest BCUT2D eigenvalue weighted by Gasteiger charge is -2.11. The first-order valence-corrected chi connectivity index (χ1v) is 5.39. The summed E-state index contributed by atoms with van der Waals surface area (Å²) in [4.78, 5) is 21.5. The number of benzene rings is 1. The smallest absolute Gasteiger partial charge is 0.300 e. The molecule has 1 aromatic carbocycles. The fourth-order valence-corrected chi connectivity index (χ4v) is 1.51. The minimum Gasteiger partial charge on any atom is -0.385 e. The van der Waals surface area contributed by atoms with Gasteiger partial charge in [0.1, 0.15) is 16.7 Å². The molecule has 1 rings (SSSR count). The molecule has 0 bridgehead atoms. The highest BCUT2D eigenvalue weighted by Crippen LogP contribution is 2.27. The first-order chi connectivity index (χ1) is 8.84. The number of nitrogens with zero attached hydrogens (tertiary/aromatic N) is 1. The van der Waals surface area contributed by atoms with Gasteiger partial charge >= 0.3 is 5.69 Å². The van der Waals surface area contributed by atoms with E-state index in [1.807, 2.05) is 5.32 Å². The molecule has 6 nitrogen and oxygen atoms in total. The second-order valence-corrected chi connectivity index (χ2v) is 3.91. The number of hydrogen-bond donors (Lipinski definition) is 2. The van der Waals surface area contributed by atoms with Gasteiger partial charge in [-0.3, -0.25) is 14.9 Å². The lowest BCUT2D eigenvalue weighted by Crippen LogP contribution is -2.36. The number of para-hydroxylation sites is 1. The van der Waals surface area contributed by atoms with E-state index in [-0.39, 0.29) is 10.6 Å². The van der Waals surface area contributed by atoms with Gasteiger partial charge in [-0.15, -0.1) is 0 Å². The Bertz CT molecular complexity index is 498. The summed E-state index contributed by atoms with van der Waals surface area (Å²) in [6, 6.07) is 3.67. The van der Waals surface area contributed by atoms with E-state index in [9.17, 15) is 23.7 Å². The van der Waals surface area contributed by atoms with Crippen molar-refractivity contribution in [2.45, 2.75) is 12.5 Å². The van der Waals surface area contributed by atoms with Crippen LogP contribution in [0.15, 0.2) is 18.2 Å². The van der Waals surface area contributed by atoms with E-state index in [1.54, 1.807) is 0 Å². The van der Waals surface area contributed by atoms with Gasteiger partial charge in [-0.2, -0.15) is 0 Å². The van der Waals surface area contributed by atoms with Crippen molar-refractivity contribution in [1.82, 2.24) is 5.32 Å². The molecule has 0 radical (unpaired) electrons. The van der Waals surface area contributed by atoms with Crippen LogP contribution in [-0.4, -0.2) is 35.0 Å². The third-order valence-electron chi connectivity index (χ3n) is 2.18. The van der Waals surface area contributed by atoms with Crippen LogP contribution in [0.3, 0.4) is 0 Å². The van der Waals surface area contributed by atoms with Crippen molar-refractivity contribution >= 4 is 23.2 Å². The molecule has 19 heavy (non-hydrogen) atoms.